The van der Waals surface area contributed by atoms with Gasteiger partial charge in [0.25, 0.3) is 0 Å². The monoisotopic (exact) mass is 332 g/mol. The fraction of sp³-hybridized carbons (Fsp3) is 0.200. The van der Waals surface area contributed by atoms with Crippen LogP contribution in [-0.4, -0.2) is 15.6 Å². The molecule has 2 N–H and O–H groups in total. The fourth-order valence-electron chi connectivity index (χ4n) is 3.24. The van der Waals surface area contributed by atoms with Gasteiger partial charge < -0.3 is 15.2 Å². The molecule has 3 aromatic rings. The molecule has 5 heteroatoms. The smallest absolute Gasteiger partial charge is 0.323 e. The molecule has 2 aromatic carbocycles. The number of aryl methyl sites for hydroxylation is 2. The molecule has 2 heterocycles. The quantitative estimate of drug-likeness (QED) is 0.744. The Hall–Kier alpha value is -3.08. The standard InChI is InChI=1S/C20H20N4O/c1-14-6-2-3-9-17(14)23-20(25)22-16-8-4-7-15(12-16)18-13-21-19-10-5-11-24(18)19/h2-4,6-9,12-13H,5,10-11H2,1H3,(H2,22,23,25). The molecule has 0 fully saturated rings. The maximum atomic E-state index is 12.3. The third-order valence-electron chi connectivity index (χ3n) is 4.53. The Balaban J connectivity index is 1.52. The van der Waals surface area contributed by atoms with E-state index < -0.39 is 0 Å². The number of carbonyl (C=O) groups excluding carboxylic acids is 1. The minimum Gasteiger partial charge on any atom is -0.328 e. The maximum Gasteiger partial charge on any atom is 0.323 e. The number of rotatable bonds is 3. The summed E-state index contributed by atoms with van der Waals surface area (Å²) in [6, 6.07) is 15.3. The molecule has 0 saturated heterocycles. The Labute approximate surface area is 146 Å². The maximum absolute atomic E-state index is 12.3. The molecule has 126 valence electrons. The van der Waals surface area contributed by atoms with Crippen molar-refractivity contribution < 1.29 is 4.79 Å². The number of urea groups is 1. The third kappa shape index (κ3) is 3.13. The first-order valence-electron chi connectivity index (χ1n) is 8.49. The van der Waals surface area contributed by atoms with Gasteiger partial charge in [0, 0.05) is 29.9 Å². The summed E-state index contributed by atoms with van der Waals surface area (Å²) in [5.74, 6) is 1.14. The molecule has 2 amide bonds. The number of carbonyl (C=O) groups is 1. The van der Waals surface area contributed by atoms with Gasteiger partial charge in [-0.1, -0.05) is 30.3 Å². The summed E-state index contributed by atoms with van der Waals surface area (Å²) in [5.41, 5.74) is 4.77. The van der Waals surface area contributed by atoms with Crippen molar-refractivity contribution in [1.82, 2.24) is 9.55 Å². The second kappa shape index (κ2) is 6.43. The van der Waals surface area contributed by atoms with E-state index in [0.717, 1.165) is 53.4 Å². The van der Waals surface area contributed by atoms with Crippen LogP contribution in [-0.2, 0) is 13.0 Å². The average Bonchev–Trinajstić information content (AvgIpc) is 3.20. The summed E-state index contributed by atoms with van der Waals surface area (Å²) < 4.78 is 2.26. The van der Waals surface area contributed by atoms with Crippen LogP contribution < -0.4 is 10.6 Å². The fourth-order valence-corrected chi connectivity index (χ4v) is 3.24. The summed E-state index contributed by atoms with van der Waals surface area (Å²) in [6.07, 6.45) is 4.10. The van der Waals surface area contributed by atoms with Crippen LogP contribution in [0.1, 0.15) is 17.8 Å². The topological polar surface area (TPSA) is 59.0 Å². The van der Waals surface area contributed by atoms with Crippen molar-refractivity contribution in [3.05, 3.63) is 66.1 Å². The molecule has 1 aliphatic rings. The van der Waals surface area contributed by atoms with Crippen LogP contribution >= 0.6 is 0 Å². The number of imidazole rings is 1. The number of benzene rings is 2. The predicted molar refractivity (Wildman–Crippen MR) is 99.8 cm³/mol. The molecule has 0 aliphatic carbocycles. The summed E-state index contributed by atoms with van der Waals surface area (Å²) in [4.78, 5) is 16.8. The Morgan fingerprint density at radius 3 is 2.88 bits per heavy atom. The van der Waals surface area contributed by atoms with E-state index >= 15 is 0 Å². The van der Waals surface area contributed by atoms with Crippen LogP contribution in [0, 0.1) is 6.92 Å². The SMILES string of the molecule is Cc1ccccc1NC(=O)Nc1cccc(-c2cnc3n2CCC3)c1. The lowest BCUT2D eigenvalue weighted by molar-refractivity contribution is 0.262. The van der Waals surface area contributed by atoms with Crippen molar-refractivity contribution in [2.24, 2.45) is 0 Å². The van der Waals surface area contributed by atoms with E-state index in [-0.39, 0.29) is 6.03 Å². The van der Waals surface area contributed by atoms with Gasteiger partial charge in [0.05, 0.1) is 11.9 Å². The van der Waals surface area contributed by atoms with Gasteiger partial charge in [0.2, 0.25) is 0 Å². The van der Waals surface area contributed by atoms with Gasteiger partial charge in [0.1, 0.15) is 5.82 Å². The zero-order valence-electron chi connectivity index (χ0n) is 14.1. The lowest BCUT2D eigenvalue weighted by Crippen LogP contribution is -2.19. The lowest BCUT2D eigenvalue weighted by Gasteiger charge is -2.11. The number of hydrogen-bond acceptors (Lipinski definition) is 2. The highest BCUT2D eigenvalue weighted by atomic mass is 16.2. The molecular weight excluding hydrogens is 312 g/mol. The third-order valence-corrected chi connectivity index (χ3v) is 4.53. The average molecular weight is 332 g/mol. The summed E-state index contributed by atoms with van der Waals surface area (Å²) in [7, 11) is 0. The van der Waals surface area contributed by atoms with Gasteiger partial charge in [-0.05, 0) is 37.1 Å². The van der Waals surface area contributed by atoms with Crippen molar-refractivity contribution >= 4 is 17.4 Å². The van der Waals surface area contributed by atoms with Crippen molar-refractivity contribution in [1.29, 1.82) is 0 Å². The van der Waals surface area contributed by atoms with Gasteiger partial charge in [-0.25, -0.2) is 9.78 Å². The van der Waals surface area contributed by atoms with E-state index in [9.17, 15) is 4.79 Å². The Kier molecular flexibility index (Phi) is 3.98. The first kappa shape index (κ1) is 15.4. The van der Waals surface area contributed by atoms with Gasteiger partial charge in [-0.2, -0.15) is 0 Å². The lowest BCUT2D eigenvalue weighted by atomic mass is 10.1. The van der Waals surface area contributed by atoms with Crippen LogP contribution in [0.25, 0.3) is 11.3 Å². The molecule has 25 heavy (non-hydrogen) atoms. The van der Waals surface area contributed by atoms with Crippen LogP contribution in [0.15, 0.2) is 54.7 Å². The van der Waals surface area contributed by atoms with E-state index in [1.54, 1.807) is 0 Å². The number of fused-ring (bicyclic) bond motifs is 1. The largest absolute Gasteiger partial charge is 0.328 e. The zero-order chi connectivity index (χ0) is 17.2. The van der Waals surface area contributed by atoms with Crippen LogP contribution in [0.5, 0.6) is 0 Å². The van der Waals surface area contributed by atoms with Gasteiger partial charge in [0.15, 0.2) is 0 Å². The zero-order valence-corrected chi connectivity index (χ0v) is 14.1. The van der Waals surface area contributed by atoms with E-state index in [4.69, 9.17) is 0 Å². The molecule has 4 rings (SSSR count). The van der Waals surface area contributed by atoms with Gasteiger partial charge >= 0.3 is 6.03 Å². The normalized spacial score (nSPS) is 12.7. The molecule has 0 unspecified atom stereocenters. The molecule has 5 nitrogen and oxygen atoms in total. The van der Waals surface area contributed by atoms with Gasteiger partial charge in [-0.3, -0.25) is 0 Å². The van der Waals surface area contributed by atoms with E-state index in [1.165, 1.54) is 0 Å². The number of amides is 2. The minimum absolute atomic E-state index is 0.245. The van der Waals surface area contributed by atoms with Crippen LogP contribution in [0.3, 0.4) is 0 Å². The molecule has 0 bridgehead atoms. The number of hydrogen-bond donors (Lipinski definition) is 2. The van der Waals surface area contributed by atoms with Crippen molar-refractivity contribution in [3.8, 4) is 11.3 Å². The summed E-state index contributed by atoms with van der Waals surface area (Å²) in [6.45, 7) is 2.98. The summed E-state index contributed by atoms with van der Waals surface area (Å²) in [5, 5.41) is 5.79. The minimum atomic E-state index is -0.245. The van der Waals surface area contributed by atoms with Crippen LogP contribution in [0.4, 0.5) is 16.2 Å². The molecule has 1 aromatic heterocycles. The summed E-state index contributed by atoms with van der Waals surface area (Å²) >= 11 is 0. The highest BCUT2D eigenvalue weighted by Gasteiger charge is 2.16. The Morgan fingerprint density at radius 1 is 1.12 bits per heavy atom. The van der Waals surface area contributed by atoms with E-state index in [0.29, 0.717) is 0 Å². The van der Waals surface area contributed by atoms with Gasteiger partial charge in [-0.15, -0.1) is 0 Å². The number of aromatic nitrogens is 2. The van der Waals surface area contributed by atoms with Crippen molar-refractivity contribution in [3.63, 3.8) is 0 Å². The van der Waals surface area contributed by atoms with E-state index in [2.05, 4.69) is 20.2 Å². The van der Waals surface area contributed by atoms with E-state index in [1.807, 2.05) is 61.7 Å². The first-order chi connectivity index (χ1) is 12.2. The number of nitrogens with one attached hydrogen (secondary N) is 2. The second-order valence-corrected chi connectivity index (χ2v) is 6.29. The molecule has 0 atom stereocenters. The number of para-hydroxylation sites is 1. The number of nitrogens with zero attached hydrogens (tertiary/aromatic N) is 2. The molecule has 1 aliphatic heterocycles. The predicted octanol–water partition coefficient (Wildman–Crippen LogP) is 4.45. The highest BCUT2D eigenvalue weighted by Crippen LogP contribution is 2.27. The Morgan fingerprint density at radius 2 is 2.00 bits per heavy atom. The highest BCUT2D eigenvalue weighted by molar-refractivity contribution is 6.00. The van der Waals surface area contributed by atoms with Crippen molar-refractivity contribution in [2.75, 3.05) is 10.6 Å². The molecule has 0 radical (unpaired) electrons. The number of anilines is 2. The first-order valence-corrected chi connectivity index (χ1v) is 8.49. The van der Waals surface area contributed by atoms with Crippen LogP contribution in [0.2, 0.25) is 0 Å². The Bertz CT molecular complexity index is 929. The van der Waals surface area contributed by atoms with Crippen molar-refractivity contribution in [2.45, 2.75) is 26.3 Å². The second-order valence-electron chi connectivity index (χ2n) is 6.29. The molecular formula is C20H20N4O. The molecule has 0 spiro atoms. The molecule has 0 saturated carbocycles.